The minimum absolute atomic E-state index is 0.212. The van der Waals surface area contributed by atoms with Crippen molar-refractivity contribution in [3.63, 3.8) is 0 Å². The zero-order valence-electron chi connectivity index (χ0n) is 6.64. The Kier molecular flexibility index (Phi) is 4.25. The summed E-state index contributed by atoms with van der Waals surface area (Å²) in [4.78, 5) is 0. The number of rotatable bonds is 3. The smallest absolute Gasteiger partial charge is 0.165 e. The summed E-state index contributed by atoms with van der Waals surface area (Å²) in [7, 11) is 0. The molecule has 0 N–H and O–H groups in total. The lowest BCUT2D eigenvalue weighted by atomic mass is 10.3. The predicted molar refractivity (Wildman–Crippen MR) is 54.6 cm³/mol. The lowest BCUT2D eigenvalue weighted by Gasteiger charge is -2.04. The zero-order valence-corrected chi connectivity index (χ0v) is 8.98. The fourth-order valence-corrected chi connectivity index (χ4v) is 1.17. The summed E-state index contributed by atoms with van der Waals surface area (Å²) in [5.41, 5.74) is 1.33. The fraction of sp³-hybridized carbons (Fsp3) is 0.111. The van der Waals surface area contributed by atoms with Gasteiger partial charge in [0.1, 0.15) is 6.61 Å². The second-order valence-electron chi connectivity index (χ2n) is 2.25. The first kappa shape index (κ1) is 10.5. The molecule has 0 saturated heterocycles. The van der Waals surface area contributed by atoms with E-state index in [2.05, 4.69) is 15.9 Å². The van der Waals surface area contributed by atoms with Crippen LogP contribution in [0.2, 0.25) is 0 Å². The van der Waals surface area contributed by atoms with Gasteiger partial charge in [0.2, 0.25) is 0 Å². The molecule has 4 heteroatoms. The van der Waals surface area contributed by atoms with E-state index in [1.54, 1.807) is 18.2 Å². The first-order valence-corrected chi connectivity index (χ1v) is 4.80. The van der Waals surface area contributed by atoms with E-state index in [-0.39, 0.29) is 18.2 Å². The predicted octanol–water partition coefficient (Wildman–Crippen LogP) is 3.72. The van der Waals surface area contributed by atoms with Crippen LogP contribution in [-0.4, -0.2) is 6.61 Å². The lowest BCUT2D eigenvalue weighted by Crippen LogP contribution is -1.95. The van der Waals surface area contributed by atoms with Gasteiger partial charge in [0.15, 0.2) is 11.6 Å². The van der Waals surface area contributed by atoms with Crippen LogP contribution in [-0.2, 0) is 0 Å². The summed E-state index contributed by atoms with van der Waals surface area (Å²) in [6.07, 6.45) is 1.59. The van der Waals surface area contributed by atoms with E-state index < -0.39 is 0 Å². The number of ether oxygens (including phenoxy) is 1. The van der Waals surface area contributed by atoms with Crippen LogP contribution in [0, 0.1) is 5.82 Å². The molecule has 0 aliphatic heterocycles. The average Bonchev–Trinajstić information content (AvgIpc) is 2.11. The van der Waals surface area contributed by atoms with E-state index in [1.165, 1.54) is 11.6 Å². The van der Waals surface area contributed by atoms with Gasteiger partial charge in [0.25, 0.3) is 0 Å². The first-order valence-electron chi connectivity index (χ1n) is 3.57. The van der Waals surface area contributed by atoms with Crippen LogP contribution in [0.3, 0.4) is 0 Å². The summed E-state index contributed by atoms with van der Waals surface area (Å²) >= 11 is 8.49. The molecule has 0 aliphatic rings. The van der Waals surface area contributed by atoms with Crippen molar-refractivity contribution in [3.05, 3.63) is 40.1 Å². The molecular formula is C9H7BrClFO. The molecule has 0 atom stereocenters. The van der Waals surface area contributed by atoms with Crippen molar-refractivity contribution in [2.24, 2.45) is 0 Å². The van der Waals surface area contributed by atoms with E-state index in [0.29, 0.717) is 0 Å². The van der Waals surface area contributed by atoms with E-state index in [4.69, 9.17) is 16.3 Å². The highest BCUT2D eigenvalue weighted by Gasteiger charge is 2.01. The molecule has 1 aromatic rings. The van der Waals surface area contributed by atoms with Crippen molar-refractivity contribution < 1.29 is 9.13 Å². The highest BCUT2D eigenvalue weighted by Crippen LogP contribution is 2.21. The topological polar surface area (TPSA) is 9.23 Å². The number of hydrogen-bond donors (Lipinski definition) is 0. The lowest BCUT2D eigenvalue weighted by molar-refractivity contribution is 0.341. The van der Waals surface area contributed by atoms with Gasteiger partial charge in [-0.15, -0.1) is 0 Å². The first-order chi connectivity index (χ1) is 6.24. The van der Waals surface area contributed by atoms with Gasteiger partial charge in [0.05, 0.1) is 0 Å². The molecule has 13 heavy (non-hydrogen) atoms. The minimum Gasteiger partial charge on any atom is -0.486 e. The molecule has 0 aromatic heterocycles. The highest BCUT2D eigenvalue weighted by molar-refractivity contribution is 9.10. The van der Waals surface area contributed by atoms with Crippen LogP contribution in [0.4, 0.5) is 4.39 Å². The summed E-state index contributed by atoms with van der Waals surface area (Å²) in [5.74, 6) is -0.171. The highest BCUT2D eigenvalue weighted by atomic mass is 79.9. The molecule has 0 amide bonds. The monoisotopic (exact) mass is 264 g/mol. The van der Waals surface area contributed by atoms with Crippen molar-refractivity contribution in [2.75, 3.05) is 6.61 Å². The third-order valence-corrected chi connectivity index (χ3v) is 1.99. The van der Waals surface area contributed by atoms with Crippen LogP contribution >= 0.6 is 27.5 Å². The van der Waals surface area contributed by atoms with Crippen molar-refractivity contribution in [1.82, 2.24) is 0 Å². The van der Waals surface area contributed by atoms with Gasteiger partial charge in [0, 0.05) is 10.0 Å². The van der Waals surface area contributed by atoms with Crippen molar-refractivity contribution in [1.29, 1.82) is 0 Å². The van der Waals surface area contributed by atoms with Crippen LogP contribution in [0.5, 0.6) is 5.75 Å². The molecule has 0 radical (unpaired) electrons. The van der Waals surface area contributed by atoms with Crippen LogP contribution in [0.15, 0.2) is 34.3 Å². The Morgan fingerprint density at radius 3 is 3.00 bits per heavy atom. The van der Waals surface area contributed by atoms with E-state index in [9.17, 15) is 4.39 Å². The van der Waals surface area contributed by atoms with Gasteiger partial charge in [-0.1, -0.05) is 27.5 Å². The average molecular weight is 266 g/mol. The standard InChI is InChI=1S/C9H7BrClFO/c10-7-2-3-8(12)9(6-7)13-5-1-4-11/h1-4,6H,5H2/b4-1+. The van der Waals surface area contributed by atoms with E-state index in [1.807, 2.05) is 0 Å². The van der Waals surface area contributed by atoms with Gasteiger partial charge in [-0.05, 0) is 24.3 Å². The molecule has 0 fully saturated rings. The van der Waals surface area contributed by atoms with Gasteiger partial charge in [-0.25, -0.2) is 4.39 Å². The Balaban J connectivity index is 2.69. The maximum absolute atomic E-state index is 13.0. The Hall–Kier alpha value is -0.540. The number of benzene rings is 1. The molecule has 0 unspecified atom stereocenters. The van der Waals surface area contributed by atoms with Crippen molar-refractivity contribution in [2.45, 2.75) is 0 Å². The molecule has 1 aromatic carbocycles. The van der Waals surface area contributed by atoms with Crippen molar-refractivity contribution in [3.8, 4) is 5.75 Å². The largest absolute Gasteiger partial charge is 0.486 e. The van der Waals surface area contributed by atoms with Gasteiger partial charge in [-0.2, -0.15) is 0 Å². The molecule has 0 bridgehead atoms. The van der Waals surface area contributed by atoms with E-state index >= 15 is 0 Å². The molecule has 1 rings (SSSR count). The normalized spacial score (nSPS) is 10.7. The second-order valence-corrected chi connectivity index (χ2v) is 3.42. The molecular weight excluding hydrogens is 258 g/mol. The summed E-state index contributed by atoms with van der Waals surface area (Å²) in [6, 6.07) is 4.51. The molecule has 0 saturated carbocycles. The van der Waals surface area contributed by atoms with Gasteiger partial charge >= 0.3 is 0 Å². The maximum atomic E-state index is 13.0. The second kappa shape index (κ2) is 5.25. The number of hydrogen-bond acceptors (Lipinski definition) is 1. The third kappa shape index (κ3) is 3.36. The molecule has 0 heterocycles. The van der Waals surface area contributed by atoms with E-state index in [0.717, 1.165) is 4.47 Å². The summed E-state index contributed by atoms with van der Waals surface area (Å²) in [5, 5.41) is 0. The van der Waals surface area contributed by atoms with Crippen LogP contribution in [0.25, 0.3) is 0 Å². The molecule has 0 aliphatic carbocycles. The molecule has 70 valence electrons. The molecule has 1 nitrogen and oxygen atoms in total. The minimum atomic E-state index is -0.383. The fourth-order valence-electron chi connectivity index (χ4n) is 0.762. The SMILES string of the molecule is Fc1ccc(Br)cc1OC/C=C/Cl. The van der Waals surface area contributed by atoms with Crippen LogP contribution in [0.1, 0.15) is 0 Å². The Bertz CT molecular complexity index is 314. The summed E-state index contributed by atoms with van der Waals surface area (Å²) < 4.78 is 18.9. The Morgan fingerprint density at radius 1 is 1.54 bits per heavy atom. The summed E-state index contributed by atoms with van der Waals surface area (Å²) in [6.45, 7) is 0.261. The third-order valence-electron chi connectivity index (χ3n) is 1.32. The van der Waals surface area contributed by atoms with Crippen LogP contribution < -0.4 is 4.74 Å². The Labute approximate surface area is 89.3 Å². The van der Waals surface area contributed by atoms with Gasteiger partial charge in [-0.3, -0.25) is 0 Å². The van der Waals surface area contributed by atoms with Gasteiger partial charge < -0.3 is 4.74 Å². The maximum Gasteiger partial charge on any atom is 0.165 e. The molecule has 0 spiro atoms. The number of halogens is 3. The quantitative estimate of drug-likeness (QED) is 0.809. The Morgan fingerprint density at radius 2 is 2.31 bits per heavy atom. The zero-order chi connectivity index (χ0) is 9.68. The van der Waals surface area contributed by atoms with Crippen molar-refractivity contribution >= 4 is 27.5 Å².